The van der Waals surface area contributed by atoms with Crippen molar-refractivity contribution in [3.63, 3.8) is 0 Å². The molecule has 102 valence electrons. The zero-order chi connectivity index (χ0) is 14.8. The molecule has 0 unspecified atom stereocenters. The Bertz CT molecular complexity index is 564. The number of nitriles is 1. The van der Waals surface area contributed by atoms with Gasteiger partial charge in [-0.15, -0.1) is 11.3 Å². The quantitative estimate of drug-likeness (QED) is 0.868. The highest BCUT2D eigenvalue weighted by molar-refractivity contribution is 7.14. The second kappa shape index (κ2) is 5.28. The molecule has 1 aromatic rings. The van der Waals surface area contributed by atoms with E-state index >= 15 is 0 Å². The molecule has 1 heterocycles. The Labute approximate surface area is 114 Å². The molecule has 0 aliphatic rings. The van der Waals surface area contributed by atoms with Crippen molar-refractivity contribution in [1.82, 2.24) is 0 Å². The van der Waals surface area contributed by atoms with Crippen molar-refractivity contribution in [3.8, 4) is 6.07 Å². The van der Waals surface area contributed by atoms with Crippen LogP contribution in [0.2, 0.25) is 0 Å². The van der Waals surface area contributed by atoms with Gasteiger partial charge in [0.05, 0.1) is 11.3 Å². The number of aryl methyl sites for hydroxylation is 1. The molecule has 19 heavy (non-hydrogen) atoms. The van der Waals surface area contributed by atoms with Gasteiger partial charge in [-0.1, -0.05) is 0 Å². The van der Waals surface area contributed by atoms with E-state index in [2.05, 4.69) is 5.32 Å². The maximum absolute atomic E-state index is 11.6. The highest BCUT2D eigenvalue weighted by Gasteiger charge is 2.24. The first kappa shape index (κ1) is 15.0. The highest BCUT2D eigenvalue weighted by Crippen LogP contribution is 2.32. The Morgan fingerprint density at radius 2 is 2.00 bits per heavy atom. The van der Waals surface area contributed by atoms with Crippen molar-refractivity contribution in [2.75, 3.05) is 5.32 Å². The lowest BCUT2D eigenvalue weighted by Crippen LogP contribution is -2.27. The van der Waals surface area contributed by atoms with E-state index in [0.29, 0.717) is 4.88 Å². The van der Waals surface area contributed by atoms with Crippen molar-refractivity contribution in [2.24, 2.45) is 0 Å². The van der Waals surface area contributed by atoms with E-state index in [9.17, 15) is 9.59 Å². The number of carboxylic acids is 1. The lowest BCUT2D eigenvalue weighted by atomic mass is 10.2. The van der Waals surface area contributed by atoms with Crippen molar-refractivity contribution in [2.45, 2.75) is 33.3 Å². The average Bonchev–Trinajstić information content (AvgIpc) is 2.52. The molecule has 0 radical (unpaired) electrons. The molecular formula is C12H14N2O4S. The van der Waals surface area contributed by atoms with Crippen LogP contribution in [-0.2, 0) is 4.74 Å². The minimum atomic E-state index is -1.19. The first-order chi connectivity index (χ1) is 8.65. The number of anilines is 1. The third kappa shape index (κ3) is 3.69. The fourth-order valence-electron chi connectivity index (χ4n) is 1.35. The van der Waals surface area contributed by atoms with E-state index < -0.39 is 17.7 Å². The van der Waals surface area contributed by atoms with Gasteiger partial charge in [0.2, 0.25) is 0 Å². The highest BCUT2D eigenvalue weighted by atomic mass is 32.1. The Hall–Kier alpha value is -2.07. The number of rotatable bonds is 2. The molecule has 0 aliphatic carbocycles. The number of ether oxygens (including phenoxy) is 1. The van der Waals surface area contributed by atoms with Crippen LogP contribution in [-0.4, -0.2) is 22.8 Å². The van der Waals surface area contributed by atoms with Crippen LogP contribution in [0.4, 0.5) is 10.5 Å². The van der Waals surface area contributed by atoms with Gasteiger partial charge in [-0.05, 0) is 27.7 Å². The summed E-state index contributed by atoms with van der Waals surface area (Å²) in [6, 6.07) is 1.88. The normalized spacial score (nSPS) is 10.7. The summed E-state index contributed by atoms with van der Waals surface area (Å²) in [5.41, 5.74) is -0.564. The van der Waals surface area contributed by atoms with Crippen LogP contribution in [0.25, 0.3) is 0 Å². The molecule has 7 heteroatoms. The van der Waals surface area contributed by atoms with Crippen LogP contribution >= 0.6 is 11.3 Å². The molecule has 0 aromatic carbocycles. The maximum atomic E-state index is 11.6. The summed E-state index contributed by atoms with van der Waals surface area (Å²) in [4.78, 5) is 23.2. The molecule has 2 N–H and O–H groups in total. The van der Waals surface area contributed by atoms with Gasteiger partial charge in [-0.25, -0.2) is 9.59 Å². The van der Waals surface area contributed by atoms with Gasteiger partial charge in [-0.2, -0.15) is 5.26 Å². The molecule has 0 aliphatic heterocycles. The number of hydrogen-bond donors (Lipinski definition) is 2. The second-order valence-corrected chi connectivity index (χ2v) is 6.01. The summed E-state index contributed by atoms with van der Waals surface area (Å²) in [5, 5.41) is 20.4. The zero-order valence-corrected chi connectivity index (χ0v) is 11.8. The summed E-state index contributed by atoms with van der Waals surface area (Å²) in [6.45, 7) is 6.69. The Kier molecular flexibility index (Phi) is 4.17. The van der Waals surface area contributed by atoms with Gasteiger partial charge in [-0.3, -0.25) is 5.32 Å². The number of carboxylic acid groups (broad SMARTS) is 1. The number of carbonyl (C=O) groups is 2. The summed E-state index contributed by atoms with van der Waals surface area (Å²) in [7, 11) is 0. The van der Waals surface area contributed by atoms with E-state index in [4.69, 9.17) is 15.1 Å². The molecule has 0 spiro atoms. The van der Waals surface area contributed by atoms with Crippen molar-refractivity contribution < 1.29 is 19.4 Å². The van der Waals surface area contributed by atoms with Gasteiger partial charge >= 0.3 is 12.1 Å². The number of nitrogens with zero attached hydrogens (tertiary/aromatic N) is 1. The van der Waals surface area contributed by atoms with Crippen LogP contribution in [0, 0.1) is 18.3 Å². The SMILES string of the molecule is Cc1sc(C(=O)O)c(NC(=O)OC(C)(C)C)c1C#N. The first-order valence-corrected chi connectivity index (χ1v) is 6.24. The summed E-state index contributed by atoms with van der Waals surface area (Å²) in [6.07, 6.45) is -0.788. The Morgan fingerprint density at radius 3 is 2.42 bits per heavy atom. The molecule has 6 nitrogen and oxygen atoms in total. The van der Waals surface area contributed by atoms with Crippen molar-refractivity contribution >= 4 is 29.1 Å². The smallest absolute Gasteiger partial charge is 0.412 e. The maximum Gasteiger partial charge on any atom is 0.412 e. The lowest BCUT2D eigenvalue weighted by molar-refractivity contribution is 0.0636. The monoisotopic (exact) mass is 282 g/mol. The third-order valence-corrected chi connectivity index (χ3v) is 3.11. The third-order valence-electron chi connectivity index (χ3n) is 2.02. The van der Waals surface area contributed by atoms with Gasteiger partial charge in [0.15, 0.2) is 0 Å². The van der Waals surface area contributed by atoms with Crippen LogP contribution < -0.4 is 5.32 Å². The molecule has 0 saturated heterocycles. The number of carbonyl (C=O) groups excluding carboxylic acids is 1. The summed E-state index contributed by atoms with van der Waals surface area (Å²) in [5.74, 6) is -1.19. The Balaban J connectivity index is 3.10. The van der Waals surface area contributed by atoms with Gasteiger partial charge in [0, 0.05) is 4.88 Å². The van der Waals surface area contributed by atoms with E-state index in [-0.39, 0.29) is 16.1 Å². The summed E-state index contributed by atoms with van der Waals surface area (Å²) < 4.78 is 5.04. The standard InChI is InChI=1S/C12H14N2O4S/c1-6-7(5-13)8(9(19-6)10(15)16)14-11(17)18-12(2,3)4/h1-4H3,(H,14,17)(H,15,16). The average molecular weight is 282 g/mol. The van der Waals surface area contributed by atoms with E-state index in [1.54, 1.807) is 27.7 Å². The largest absolute Gasteiger partial charge is 0.477 e. The minimum absolute atomic E-state index is 0.00764. The predicted octanol–water partition coefficient (Wildman–Crippen LogP) is 2.97. The Morgan fingerprint density at radius 1 is 1.42 bits per heavy atom. The molecule has 0 saturated carbocycles. The minimum Gasteiger partial charge on any atom is -0.477 e. The van der Waals surface area contributed by atoms with Gasteiger partial charge in [0.1, 0.15) is 16.5 Å². The molecule has 0 fully saturated rings. The van der Waals surface area contributed by atoms with Crippen molar-refractivity contribution in [3.05, 3.63) is 15.3 Å². The molecule has 0 atom stereocenters. The van der Waals surface area contributed by atoms with Crippen LogP contribution in [0.3, 0.4) is 0 Å². The van der Waals surface area contributed by atoms with Gasteiger partial charge < -0.3 is 9.84 Å². The van der Waals surface area contributed by atoms with E-state index in [0.717, 1.165) is 11.3 Å². The number of amides is 1. The number of aromatic carboxylic acids is 1. The molecule has 1 rings (SSSR count). The van der Waals surface area contributed by atoms with Crippen LogP contribution in [0.15, 0.2) is 0 Å². The topological polar surface area (TPSA) is 99.4 Å². The number of thiophene rings is 1. The molecule has 1 amide bonds. The van der Waals surface area contributed by atoms with Gasteiger partial charge in [0.25, 0.3) is 0 Å². The first-order valence-electron chi connectivity index (χ1n) is 5.42. The molecule has 0 bridgehead atoms. The van der Waals surface area contributed by atoms with Crippen molar-refractivity contribution in [1.29, 1.82) is 5.26 Å². The van der Waals surface area contributed by atoms with Crippen LogP contribution in [0.5, 0.6) is 0 Å². The number of hydrogen-bond acceptors (Lipinski definition) is 5. The summed E-state index contributed by atoms with van der Waals surface area (Å²) >= 11 is 0.941. The molecule has 1 aromatic heterocycles. The fraction of sp³-hybridized carbons (Fsp3) is 0.417. The van der Waals surface area contributed by atoms with E-state index in [1.165, 1.54) is 0 Å². The van der Waals surface area contributed by atoms with Crippen LogP contribution in [0.1, 0.15) is 40.9 Å². The second-order valence-electron chi connectivity index (χ2n) is 4.78. The lowest BCUT2D eigenvalue weighted by Gasteiger charge is -2.19. The number of nitrogens with one attached hydrogen (secondary N) is 1. The zero-order valence-electron chi connectivity index (χ0n) is 11.0. The fourth-order valence-corrected chi connectivity index (χ4v) is 2.25. The molecular weight excluding hydrogens is 268 g/mol. The van der Waals surface area contributed by atoms with E-state index in [1.807, 2.05) is 6.07 Å². The predicted molar refractivity (Wildman–Crippen MR) is 70.6 cm³/mol.